The summed E-state index contributed by atoms with van der Waals surface area (Å²) in [5.74, 6) is -0.799. The first-order chi connectivity index (χ1) is 14.1. The van der Waals surface area contributed by atoms with Gasteiger partial charge in [0.1, 0.15) is 11.0 Å². The fourth-order valence-corrected chi connectivity index (χ4v) is 4.98. The van der Waals surface area contributed by atoms with Crippen molar-refractivity contribution < 1.29 is 14.4 Å². The largest absolute Gasteiger partial charge is 0.322 e. The van der Waals surface area contributed by atoms with Gasteiger partial charge in [0.15, 0.2) is 0 Å². The van der Waals surface area contributed by atoms with E-state index in [4.69, 9.17) is 0 Å². The zero-order chi connectivity index (χ0) is 20.0. The Morgan fingerprint density at radius 3 is 2.83 bits per heavy atom. The Hall–Kier alpha value is -2.62. The van der Waals surface area contributed by atoms with Crippen LogP contribution in [-0.2, 0) is 28.2 Å². The summed E-state index contributed by atoms with van der Waals surface area (Å²) in [5, 5.41) is 12.3. The second-order valence-electron chi connectivity index (χ2n) is 7.77. The van der Waals surface area contributed by atoms with Gasteiger partial charge in [0.05, 0.1) is 5.54 Å². The van der Waals surface area contributed by atoms with Gasteiger partial charge >= 0.3 is 0 Å². The fourth-order valence-electron chi connectivity index (χ4n) is 4.17. The Labute approximate surface area is 171 Å². The van der Waals surface area contributed by atoms with Crippen molar-refractivity contribution in [2.24, 2.45) is 0 Å². The van der Waals surface area contributed by atoms with E-state index in [-0.39, 0.29) is 29.7 Å². The Balaban J connectivity index is 1.30. The van der Waals surface area contributed by atoms with Gasteiger partial charge in [0.2, 0.25) is 11.8 Å². The Bertz CT molecular complexity index is 986. The minimum absolute atomic E-state index is 0.142. The minimum atomic E-state index is -0.580. The molecular formula is C20H21N5O3S. The molecule has 0 spiro atoms. The molecule has 9 heteroatoms. The summed E-state index contributed by atoms with van der Waals surface area (Å²) in [6.07, 6.45) is 2.46. The van der Waals surface area contributed by atoms with Crippen LogP contribution in [0.1, 0.15) is 39.3 Å². The van der Waals surface area contributed by atoms with Crippen LogP contribution in [0.2, 0.25) is 0 Å². The van der Waals surface area contributed by atoms with Gasteiger partial charge in [-0.3, -0.25) is 25.0 Å². The predicted molar refractivity (Wildman–Crippen MR) is 106 cm³/mol. The van der Waals surface area contributed by atoms with Crippen LogP contribution < -0.4 is 16.0 Å². The van der Waals surface area contributed by atoms with Crippen molar-refractivity contribution in [1.82, 2.24) is 25.8 Å². The van der Waals surface area contributed by atoms with Gasteiger partial charge in [-0.25, -0.2) is 4.98 Å². The molecule has 0 saturated carbocycles. The van der Waals surface area contributed by atoms with E-state index in [0.29, 0.717) is 25.1 Å². The van der Waals surface area contributed by atoms with Crippen molar-refractivity contribution in [3.8, 4) is 0 Å². The summed E-state index contributed by atoms with van der Waals surface area (Å²) in [7, 11) is 0. The number of carbonyl (C=O) groups is 3. The number of hydrogen-bond donors (Lipinski definition) is 3. The molecule has 3 amide bonds. The van der Waals surface area contributed by atoms with Crippen LogP contribution >= 0.6 is 11.3 Å². The Morgan fingerprint density at radius 2 is 2.14 bits per heavy atom. The maximum Gasteiger partial charge on any atom is 0.255 e. The zero-order valence-electron chi connectivity index (χ0n) is 15.7. The molecule has 5 rings (SSSR count). The smallest absolute Gasteiger partial charge is 0.255 e. The molecule has 150 valence electrons. The van der Waals surface area contributed by atoms with Gasteiger partial charge in [-0.15, -0.1) is 11.3 Å². The first-order valence-electron chi connectivity index (χ1n) is 9.68. The second kappa shape index (κ2) is 7.01. The van der Waals surface area contributed by atoms with Crippen molar-refractivity contribution >= 4 is 29.1 Å². The topological polar surface area (TPSA) is 103 Å². The molecule has 2 saturated heterocycles. The first-order valence-corrected chi connectivity index (χ1v) is 10.6. The van der Waals surface area contributed by atoms with Crippen LogP contribution in [-0.4, -0.2) is 46.7 Å². The van der Waals surface area contributed by atoms with Gasteiger partial charge < -0.3 is 10.2 Å². The molecule has 29 heavy (non-hydrogen) atoms. The summed E-state index contributed by atoms with van der Waals surface area (Å²) in [6, 6.07) is 5.32. The summed E-state index contributed by atoms with van der Waals surface area (Å²) in [4.78, 5) is 42.6. The molecule has 4 heterocycles. The minimum Gasteiger partial charge on any atom is -0.322 e. The fraction of sp³-hybridized carbons (Fsp3) is 0.400. The number of piperidine rings is 1. The van der Waals surface area contributed by atoms with Crippen molar-refractivity contribution in [2.75, 3.05) is 13.1 Å². The van der Waals surface area contributed by atoms with Crippen LogP contribution in [0.3, 0.4) is 0 Å². The van der Waals surface area contributed by atoms with Gasteiger partial charge in [-0.1, -0.05) is 12.1 Å². The highest BCUT2D eigenvalue weighted by molar-refractivity contribution is 7.09. The molecule has 0 aliphatic carbocycles. The number of nitrogens with zero attached hydrogens (tertiary/aromatic N) is 2. The van der Waals surface area contributed by atoms with Crippen LogP contribution in [0.5, 0.6) is 0 Å². The summed E-state index contributed by atoms with van der Waals surface area (Å²) in [6.45, 7) is 2.68. The number of imide groups is 1. The summed E-state index contributed by atoms with van der Waals surface area (Å²) >= 11 is 1.64. The maximum atomic E-state index is 13.0. The van der Waals surface area contributed by atoms with Crippen molar-refractivity contribution in [1.29, 1.82) is 0 Å². The molecule has 1 aromatic carbocycles. The number of fused-ring (bicyclic) bond motifs is 1. The predicted octanol–water partition coefficient (Wildman–Crippen LogP) is 0.492. The number of benzene rings is 1. The molecule has 0 bridgehead atoms. The third-order valence-electron chi connectivity index (χ3n) is 5.92. The van der Waals surface area contributed by atoms with Crippen molar-refractivity contribution in [3.05, 3.63) is 51.5 Å². The third kappa shape index (κ3) is 3.15. The van der Waals surface area contributed by atoms with E-state index < -0.39 is 6.04 Å². The van der Waals surface area contributed by atoms with Gasteiger partial charge in [-0.05, 0) is 23.6 Å². The van der Waals surface area contributed by atoms with Crippen molar-refractivity contribution in [2.45, 2.75) is 37.5 Å². The van der Waals surface area contributed by atoms with Crippen molar-refractivity contribution in [3.63, 3.8) is 0 Å². The lowest BCUT2D eigenvalue weighted by Gasteiger charge is -2.42. The highest BCUT2D eigenvalue weighted by Crippen LogP contribution is 2.30. The number of aromatic nitrogens is 1. The molecule has 8 nitrogen and oxygen atoms in total. The van der Waals surface area contributed by atoms with E-state index in [9.17, 15) is 14.4 Å². The Morgan fingerprint density at radius 1 is 1.28 bits per heavy atom. The SMILES string of the molecule is O=C1CCC(N2Cc3ccc(CNC4(c5nccs5)CNC4)cc3C2=O)C(=O)N1. The zero-order valence-corrected chi connectivity index (χ0v) is 16.6. The normalized spacial score (nSPS) is 23.0. The molecule has 1 unspecified atom stereocenters. The van der Waals surface area contributed by atoms with Crippen LogP contribution in [0.25, 0.3) is 0 Å². The van der Waals surface area contributed by atoms with E-state index >= 15 is 0 Å². The van der Waals surface area contributed by atoms with E-state index in [1.807, 2.05) is 29.8 Å². The third-order valence-corrected chi connectivity index (χ3v) is 6.90. The number of amides is 3. The van der Waals surface area contributed by atoms with E-state index in [0.717, 1.165) is 29.2 Å². The van der Waals surface area contributed by atoms with Crippen LogP contribution in [0, 0.1) is 0 Å². The van der Waals surface area contributed by atoms with Crippen LogP contribution in [0.15, 0.2) is 29.8 Å². The molecule has 3 aliphatic rings. The molecule has 0 radical (unpaired) electrons. The molecule has 1 atom stereocenters. The first kappa shape index (κ1) is 18.4. The molecule has 1 aromatic heterocycles. The number of thiazole rings is 1. The van der Waals surface area contributed by atoms with Gasteiger partial charge in [0.25, 0.3) is 5.91 Å². The second-order valence-corrected chi connectivity index (χ2v) is 8.66. The highest BCUT2D eigenvalue weighted by Gasteiger charge is 2.41. The lowest BCUT2D eigenvalue weighted by molar-refractivity contribution is -0.136. The average Bonchev–Trinajstić information content (AvgIpc) is 3.31. The number of rotatable bonds is 5. The van der Waals surface area contributed by atoms with Crippen LogP contribution in [0.4, 0.5) is 0 Å². The molecule has 2 fully saturated rings. The highest BCUT2D eigenvalue weighted by atomic mass is 32.1. The molecular weight excluding hydrogens is 390 g/mol. The lowest BCUT2D eigenvalue weighted by Crippen LogP contribution is -2.64. The van der Waals surface area contributed by atoms with E-state index in [2.05, 4.69) is 20.9 Å². The summed E-state index contributed by atoms with van der Waals surface area (Å²) in [5.41, 5.74) is 2.42. The number of nitrogens with one attached hydrogen (secondary N) is 3. The molecule has 3 N–H and O–H groups in total. The molecule has 2 aromatic rings. The quantitative estimate of drug-likeness (QED) is 0.619. The lowest BCUT2D eigenvalue weighted by atomic mass is 9.92. The summed E-state index contributed by atoms with van der Waals surface area (Å²) < 4.78 is 0. The maximum absolute atomic E-state index is 13.0. The monoisotopic (exact) mass is 411 g/mol. The standard InChI is InChI=1S/C20H21N5O3S/c26-16-4-3-15(17(27)24-16)25-9-13-2-1-12(7-14(13)18(25)28)8-23-20(10-21-11-20)19-22-5-6-29-19/h1-2,5-7,15,21,23H,3-4,8-11H2,(H,24,26,27). The van der Waals surface area contributed by atoms with Gasteiger partial charge in [-0.2, -0.15) is 0 Å². The number of carbonyl (C=O) groups excluding carboxylic acids is 3. The van der Waals surface area contributed by atoms with Gasteiger partial charge in [0, 0.05) is 49.7 Å². The molecule has 3 aliphatic heterocycles. The average molecular weight is 411 g/mol. The Kier molecular flexibility index (Phi) is 4.45. The van der Waals surface area contributed by atoms with E-state index in [1.54, 1.807) is 16.2 Å². The number of hydrogen-bond acceptors (Lipinski definition) is 7. The van der Waals surface area contributed by atoms with E-state index in [1.165, 1.54) is 0 Å².